The van der Waals surface area contributed by atoms with E-state index in [-0.39, 0.29) is 17.8 Å². The van der Waals surface area contributed by atoms with Crippen LogP contribution >= 0.6 is 15.9 Å². The lowest BCUT2D eigenvalue weighted by Crippen LogP contribution is -2.47. The molecule has 2 aliphatic rings. The molecule has 2 unspecified atom stereocenters. The highest BCUT2D eigenvalue weighted by atomic mass is 79.9. The van der Waals surface area contributed by atoms with Crippen molar-refractivity contribution in [1.29, 1.82) is 0 Å². The smallest absolute Gasteiger partial charge is 0.214 e. The lowest BCUT2D eigenvalue weighted by Gasteiger charge is -2.36. The molecule has 2 fully saturated rings. The highest BCUT2D eigenvalue weighted by molar-refractivity contribution is 9.09. The third-order valence-corrected chi connectivity index (χ3v) is 6.98. The lowest BCUT2D eigenvalue weighted by atomic mass is 10.1. The second-order valence-electron chi connectivity index (χ2n) is 5.67. The summed E-state index contributed by atoms with van der Waals surface area (Å²) in [5.74, 6) is 0.171. The van der Waals surface area contributed by atoms with E-state index in [4.69, 9.17) is 0 Å². The summed E-state index contributed by atoms with van der Waals surface area (Å²) < 4.78 is 27.0. The number of pyridine rings is 1. The van der Waals surface area contributed by atoms with Gasteiger partial charge in [0.05, 0.1) is 5.75 Å². The number of fused-ring (bicyclic) bond motifs is 2. The van der Waals surface area contributed by atoms with E-state index in [2.05, 4.69) is 20.9 Å². The number of sulfonamides is 1. The first-order chi connectivity index (χ1) is 9.56. The summed E-state index contributed by atoms with van der Waals surface area (Å²) in [7, 11) is -3.17. The number of aryl methyl sites for hydroxylation is 1. The molecule has 1 aromatic heterocycles. The fourth-order valence-electron chi connectivity index (χ4n) is 3.41. The molecule has 0 N–H and O–H groups in total. The van der Waals surface area contributed by atoms with E-state index < -0.39 is 10.0 Å². The van der Waals surface area contributed by atoms with Crippen molar-refractivity contribution in [3.8, 4) is 0 Å². The number of hydrogen-bond acceptors (Lipinski definition) is 3. The highest BCUT2D eigenvalue weighted by Gasteiger charge is 2.45. The summed E-state index contributed by atoms with van der Waals surface area (Å²) in [4.78, 5) is 4.68. The monoisotopic (exact) mass is 358 g/mol. The van der Waals surface area contributed by atoms with Crippen molar-refractivity contribution in [2.75, 3.05) is 5.75 Å². The van der Waals surface area contributed by atoms with E-state index in [1.807, 2.05) is 18.2 Å². The fraction of sp³-hybridized carbons (Fsp3) is 0.643. The molecule has 6 heteroatoms. The Bertz CT molecular complexity index is 550. The maximum absolute atomic E-state index is 12.6. The van der Waals surface area contributed by atoms with Gasteiger partial charge in [-0.2, -0.15) is 4.31 Å². The van der Waals surface area contributed by atoms with Crippen molar-refractivity contribution in [3.05, 3.63) is 30.1 Å². The predicted molar refractivity (Wildman–Crippen MR) is 82.3 cm³/mol. The zero-order chi connectivity index (χ0) is 14.2. The summed E-state index contributed by atoms with van der Waals surface area (Å²) in [6.45, 7) is 0. The first kappa shape index (κ1) is 14.5. The number of aromatic nitrogens is 1. The molecule has 110 valence electrons. The Morgan fingerprint density at radius 1 is 1.25 bits per heavy atom. The van der Waals surface area contributed by atoms with Crippen molar-refractivity contribution in [2.45, 2.75) is 49.0 Å². The molecular formula is C14H19BrN2O2S. The number of nitrogens with zero attached hydrogens (tertiary/aromatic N) is 2. The molecule has 3 rings (SSSR count). The number of piperidine rings is 1. The van der Waals surface area contributed by atoms with Gasteiger partial charge in [-0.05, 0) is 37.8 Å². The molecule has 3 heterocycles. The van der Waals surface area contributed by atoms with Crippen LogP contribution in [0, 0.1) is 0 Å². The lowest BCUT2D eigenvalue weighted by molar-refractivity contribution is 0.255. The SMILES string of the molecule is O=S(=O)(CCc1ccccn1)N1C2CCC1CC(Br)C2. The minimum atomic E-state index is -3.17. The summed E-state index contributed by atoms with van der Waals surface area (Å²) in [5, 5.41) is 0. The van der Waals surface area contributed by atoms with Gasteiger partial charge in [-0.3, -0.25) is 4.98 Å². The number of rotatable bonds is 4. The van der Waals surface area contributed by atoms with E-state index in [0.717, 1.165) is 31.4 Å². The van der Waals surface area contributed by atoms with E-state index in [1.54, 1.807) is 10.5 Å². The Hall–Kier alpha value is -0.460. The van der Waals surface area contributed by atoms with Crippen molar-refractivity contribution in [1.82, 2.24) is 9.29 Å². The van der Waals surface area contributed by atoms with Crippen LogP contribution in [0.4, 0.5) is 0 Å². The Kier molecular flexibility index (Phi) is 4.15. The quantitative estimate of drug-likeness (QED) is 0.776. The number of alkyl halides is 1. The Morgan fingerprint density at radius 2 is 1.95 bits per heavy atom. The van der Waals surface area contributed by atoms with Crippen LogP contribution in [0.15, 0.2) is 24.4 Å². The van der Waals surface area contributed by atoms with Gasteiger partial charge in [0.2, 0.25) is 10.0 Å². The van der Waals surface area contributed by atoms with Gasteiger partial charge in [-0.1, -0.05) is 22.0 Å². The molecule has 20 heavy (non-hydrogen) atoms. The standard InChI is InChI=1S/C14H19BrN2O2S/c15-11-9-13-4-5-14(10-11)17(13)20(18,19)8-6-12-3-1-2-7-16-12/h1-3,7,11,13-14H,4-6,8-10H2. The normalized spacial score (nSPS) is 30.6. The molecule has 2 saturated heterocycles. The molecule has 0 aromatic carbocycles. The molecule has 4 nitrogen and oxygen atoms in total. The molecule has 2 aliphatic heterocycles. The Balaban J connectivity index is 1.70. The zero-order valence-electron chi connectivity index (χ0n) is 11.3. The van der Waals surface area contributed by atoms with Gasteiger partial charge in [0, 0.05) is 35.2 Å². The highest BCUT2D eigenvalue weighted by Crippen LogP contribution is 2.40. The summed E-state index contributed by atoms with van der Waals surface area (Å²) in [6, 6.07) is 6.03. The molecule has 2 bridgehead atoms. The van der Waals surface area contributed by atoms with Crippen LogP contribution in [-0.4, -0.2) is 40.4 Å². The fourth-order valence-corrected chi connectivity index (χ4v) is 6.24. The topological polar surface area (TPSA) is 50.3 Å². The van der Waals surface area contributed by atoms with Gasteiger partial charge in [-0.15, -0.1) is 0 Å². The predicted octanol–water partition coefficient (Wildman–Crippen LogP) is 2.34. The molecule has 0 spiro atoms. The van der Waals surface area contributed by atoms with Crippen LogP contribution < -0.4 is 0 Å². The van der Waals surface area contributed by atoms with Crippen molar-refractivity contribution in [2.24, 2.45) is 0 Å². The number of hydrogen-bond donors (Lipinski definition) is 0. The van der Waals surface area contributed by atoms with E-state index in [0.29, 0.717) is 11.2 Å². The largest absolute Gasteiger partial charge is 0.261 e. The van der Waals surface area contributed by atoms with E-state index in [9.17, 15) is 8.42 Å². The first-order valence-electron chi connectivity index (χ1n) is 7.11. The maximum atomic E-state index is 12.6. The Morgan fingerprint density at radius 3 is 2.55 bits per heavy atom. The van der Waals surface area contributed by atoms with Crippen LogP contribution in [0.25, 0.3) is 0 Å². The minimum absolute atomic E-state index is 0.171. The van der Waals surface area contributed by atoms with Crippen LogP contribution in [0.5, 0.6) is 0 Å². The summed E-state index contributed by atoms with van der Waals surface area (Å²) >= 11 is 3.65. The molecule has 0 amide bonds. The molecule has 0 saturated carbocycles. The minimum Gasteiger partial charge on any atom is -0.261 e. The van der Waals surface area contributed by atoms with Gasteiger partial charge >= 0.3 is 0 Å². The second kappa shape index (κ2) is 5.73. The summed E-state index contributed by atoms with van der Waals surface area (Å²) in [6.07, 6.45) is 6.11. The van der Waals surface area contributed by atoms with Crippen molar-refractivity contribution in [3.63, 3.8) is 0 Å². The number of halogens is 1. The third kappa shape index (κ3) is 2.92. The average Bonchev–Trinajstić information content (AvgIpc) is 2.72. The molecular weight excluding hydrogens is 340 g/mol. The van der Waals surface area contributed by atoms with E-state index >= 15 is 0 Å². The van der Waals surface area contributed by atoms with Gasteiger partial charge in [0.15, 0.2) is 0 Å². The average molecular weight is 359 g/mol. The van der Waals surface area contributed by atoms with Crippen molar-refractivity contribution < 1.29 is 8.42 Å². The van der Waals surface area contributed by atoms with Gasteiger partial charge in [0.25, 0.3) is 0 Å². The van der Waals surface area contributed by atoms with Crippen LogP contribution in [0.3, 0.4) is 0 Å². The molecule has 2 atom stereocenters. The van der Waals surface area contributed by atoms with Gasteiger partial charge < -0.3 is 0 Å². The zero-order valence-corrected chi connectivity index (χ0v) is 13.7. The van der Waals surface area contributed by atoms with Gasteiger partial charge in [-0.25, -0.2) is 8.42 Å². The summed E-state index contributed by atoms with van der Waals surface area (Å²) in [5.41, 5.74) is 0.846. The third-order valence-electron chi connectivity index (χ3n) is 4.27. The van der Waals surface area contributed by atoms with E-state index in [1.165, 1.54) is 0 Å². The van der Waals surface area contributed by atoms with Crippen LogP contribution in [0.1, 0.15) is 31.4 Å². The van der Waals surface area contributed by atoms with Crippen LogP contribution in [-0.2, 0) is 16.4 Å². The first-order valence-corrected chi connectivity index (χ1v) is 9.64. The molecule has 1 aromatic rings. The van der Waals surface area contributed by atoms with Crippen molar-refractivity contribution >= 4 is 26.0 Å². The van der Waals surface area contributed by atoms with Crippen LogP contribution in [0.2, 0.25) is 0 Å². The van der Waals surface area contributed by atoms with Gasteiger partial charge in [0.1, 0.15) is 0 Å². The second-order valence-corrected chi connectivity index (χ2v) is 8.96. The maximum Gasteiger partial charge on any atom is 0.214 e. The molecule has 0 radical (unpaired) electrons. The Labute approximate surface area is 128 Å². The molecule has 0 aliphatic carbocycles.